The standard InChI is InChI=1S/C24H27F2N5O4/c1-5-24(26)13-31(14-8-6-7-9-14)20-18(30(2)22(24)33)12-27-23(29-20)28-17-11-16(25)15(21(32)35-4)10-19(17)34-3/h5,10-12,14H,1,6-9,13H2,2-4H3,(H,27,28,29)/t24-/m1/s1. The topological polar surface area (TPSA) is 96.9 Å². The lowest BCUT2D eigenvalue weighted by molar-refractivity contribution is -0.126. The van der Waals surface area contributed by atoms with Crippen LogP contribution in [0.15, 0.2) is 31.0 Å². The van der Waals surface area contributed by atoms with E-state index in [1.54, 1.807) is 4.90 Å². The second-order valence-electron chi connectivity index (χ2n) is 8.55. The van der Waals surface area contributed by atoms with E-state index < -0.39 is 23.4 Å². The van der Waals surface area contributed by atoms with Crippen LogP contribution in [0.5, 0.6) is 5.75 Å². The van der Waals surface area contributed by atoms with E-state index >= 15 is 4.39 Å². The Hall–Kier alpha value is -3.76. The predicted octanol–water partition coefficient (Wildman–Crippen LogP) is 3.77. The molecule has 1 saturated carbocycles. The molecule has 0 radical (unpaired) electrons. The Morgan fingerprint density at radius 1 is 1.31 bits per heavy atom. The molecule has 2 aliphatic rings. The molecule has 1 aromatic heterocycles. The van der Waals surface area contributed by atoms with Gasteiger partial charge in [-0.2, -0.15) is 4.98 Å². The Balaban J connectivity index is 1.76. The molecule has 1 amide bonds. The highest BCUT2D eigenvalue weighted by atomic mass is 19.1. The largest absolute Gasteiger partial charge is 0.495 e. The van der Waals surface area contributed by atoms with E-state index in [-0.39, 0.29) is 35.5 Å². The molecule has 0 bridgehead atoms. The smallest absolute Gasteiger partial charge is 0.340 e. The van der Waals surface area contributed by atoms with Gasteiger partial charge in [0, 0.05) is 19.2 Å². The summed E-state index contributed by atoms with van der Waals surface area (Å²) in [7, 11) is 3.99. The number of anilines is 4. The number of methoxy groups -OCH3 is 2. The van der Waals surface area contributed by atoms with Crippen molar-refractivity contribution in [2.75, 3.05) is 42.9 Å². The average molecular weight is 488 g/mol. The SMILES string of the molecule is C=C[C@@]1(F)CN(C2CCCC2)c2nc(Nc3cc(F)c(C(=O)OC)cc3OC)ncc2N(C)C1=O. The van der Waals surface area contributed by atoms with Crippen molar-refractivity contribution in [1.29, 1.82) is 0 Å². The van der Waals surface area contributed by atoms with Crippen molar-refractivity contribution in [3.05, 3.63) is 42.4 Å². The third-order valence-electron chi connectivity index (χ3n) is 6.47. The molecule has 0 saturated heterocycles. The minimum atomic E-state index is -2.29. The van der Waals surface area contributed by atoms with E-state index in [0.29, 0.717) is 11.5 Å². The molecule has 11 heteroatoms. The molecule has 2 heterocycles. The molecule has 1 aliphatic carbocycles. The zero-order chi connectivity index (χ0) is 25.3. The van der Waals surface area contributed by atoms with Gasteiger partial charge < -0.3 is 24.6 Å². The van der Waals surface area contributed by atoms with Gasteiger partial charge >= 0.3 is 5.97 Å². The lowest BCUT2D eigenvalue weighted by atomic mass is 10.0. The van der Waals surface area contributed by atoms with Crippen molar-refractivity contribution in [3.8, 4) is 5.75 Å². The molecule has 4 rings (SSSR count). The fourth-order valence-corrected chi connectivity index (χ4v) is 4.53. The maximum atomic E-state index is 15.7. The molecule has 9 nitrogen and oxygen atoms in total. The van der Waals surface area contributed by atoms with Crippen LogP contribution in [0.25, 0.3) is 0 Å². The summed E-state index contributed by atoms with van der Waals surface area (Å²) in [6.45, 7) is 3.33. The number of alkyl halides is 1. The number of esters is 1. The predicted molar refractivity (Wildman–Crippen MR) is 127 cm³/mol. The van der Waals surface area contributed by atoms with Crippen LogP contribution in [0, 0.1) is 5.82 Å². The number of ether oxygens (including phenoxy) is 2. The first-order chi connectivity index (χ1) is 16.7. The molecular formula is C24H27F2N5O4. The van der Waals surface area contributed by atoms with Crippen molar-refractivity contribution < 1.29 is 27.8 Å². The molecule has 1 N–H and O–H groups in total. The summed E-state index contributed by atoms with van der Waals surface area (Å²) in [4.78, 5) is 36.6. The van der Waals surface area contributed by atoms with Crippen LogP contribution < -0.4 is 19.9 Å². The summed E-state index contributed by atoms with van der Waals surface area (Å²) in [5.41, 5.74) is -2.04. The van der Waals surface area contributed by atoms with E-state index in [1.807, 2.05) is 0 Å². The first-order valence-electron chi connectivity index (χ1n) is 11.2. The van der Waals surface area contributed by atoms with Crippen molar-refractivity contribution in [3.63, 3.8) is 0 Å². The fourth-order valence-electron chi connectivity index (χ4n) is 4.53. The Labute approximate surface area is 201 Å². The van der Waals surface area contributed by atoms with Crippen molar-refractivity contribution in [1.82, 2.24) is 9.97 Å². The molecule has 1 fully saturated rings. The zero-order valence-electron chi connectivity index (χ0n) is 19.8. The average Bonchev–Trinajstić information content (AvgIpc) is 3.38. The Kier molecular flexibility index (Phi) is 6.60. The van der Waals surface area contributed by atoms with Crippen molar-refractivity contribution in [2.24, 2.45) is 0 Å². The van der Waals surface area contributed by atoms with Crippen molar-refractivity contribution in [2.45, 2.75) is 37.4 Å². The van der Waals surface area contributed by atoms with Gasteiger partial charge in [0.1, 0.15) is 17.3 Å². The number of amides is 1. The summed E-state index contributed by atoms with van der Waals surface area (Å²) < 4.78 is 40.2. The number of carbonyl (C=O) groups excluding carboxylic acids is 2. The van der Waals surface area contributed by atoms with E-state index in [9.17, 15) is 14.0 Å². The van der Waals surface area contributed by atoms with E-state index in [0.717, 1.165) is 44.9 Å². The second kappa shape index (κ2) is 9.47. The molecule has 0 unspecified atom stereocenters. The second-order valence-corrected chi connectivity index (χ2v) is 8.55. The lowest BCUT2D eigenvalue weighted by Gasteiger charge is -2.32. The highest BCUT2D eigenvalue weighted by Gasteiger charge is 2.46. The Morgan fingerprint density at radius 2 is 2.03 bits per heavy atom. The van der Waals surface area contributed by atoms with Crippen LogP contribution in [-0.4, -0.2) is 61.4 Å². The summed E-state index contributed by atoms with van der Waals surface area (Å²) in [6.07, 6.45) is 6.12. The number of fused-ring (bicyclic) bond motifs is 1. The van der Waals surface area contributed by atoms with Crippen LogP contribution in [0.2, 0.25) is 0 Å². The van der Waals surface area contributed by atoms with Gasteiger partial charge in [-0.05, 0) is 25.0 Å². The van der Waals surface area contributed by atoms with Gasteiger partial charge in [-0.3, -0.25) is 4.79 Å². The highest BCUT2D eigenvalue weighted by Crippen LogP contribution is 2.40. The summed E-state index contributed by atoms with van der Waals surface area (Å²) in [5.74, 6) is -1.77. The molecule has 1 atom stereocenters. The number of carbonyl (C=O) groups is 2. The summed E-state index contributed by atoms with van der Waals surface area (Å²) >= 11 is 0. The lowest BCUT2D eigenvalue weighted by Crippen LogP contribution is -2.49. The van der Waals surface area contributed by atoms with Crippen molar-refractivity contribution >= 4 is 35.0 Å². The fraction of sp³-hybridized carbons (Fsp3) is 0.417. The highest BCUT2D eigenvalue weighted by molar-refractivity contribution is 6.04. The normalized spacial score (nSPS) is 20.3. The summed E-state index contributed by atoms with van der Waals surface area (Å²) in [6, 6.07) is 2.29. The number of benzene rings is 1. The molecule has 2 aromatic rings. The number of hydrogen-bond donors (Lipinski definition) is 1. The van der Waals surface area contributed by atoms with Gasteiger partial charge in [0.05, 0.1) is 38.2 Å². The first kappa shape index (κ1) is 24.4. The minimum absolute atomic E-state index is 0.00260. The molecular weight excluding hydrogens is 460 g/mol. The van der Waals surface area contributed by atoms with E-state index in [2.05, 4.69) is 26.6 Å². The van der Waals surface area contributed by atoms with Crippen LogP contribution in [0.3, 0.4) is 0 Å². The van der Waals surface area contributed by atoms with Gasteiger partial charge in [-0.15, -0.1) is 0 Å². The first-order valence-corrected chi connectivity index (χ1v) is 11.2. The minimum Gasteiger partial charge on any atom is -0.495 e. The number of halogens is 2. The number of hydrogen-bond acceptors (Lipinski definition) is 8. The molecule has 1 aromatic carbocycles. The van der Waals surface area contributed by atoms with Gasteiger partial charge in [0.15, 0.2) is 5.82 Å². The monoisotopic (exact) mass is 487 g/mol. The number of nitrogens with zero attached hydrogens (tertiary/aromatic N) is 4. The van der Waals surface area contributed by atoms with Gasteiger partial charge in [-0.1, -0.05) is 19.4 Å². The summed E-state index contributed by atoms with van der Waals surface area (Å²) in [5, 5.41) is 2.91. The maximum absolute atomic E-state index is 15.7. The third-order valence-corrected chi connectivity index (χ3v) is 6.47. The Bertz CT molecular complexity index is 1170. The molecule has 0 spiro atoms. The molecule has 1 aliphatic heterocycles. The number of rotatable bonds is 6. The Morgan fingerprint density at radius 3 is 2.66 bits per heavy atom. The van der Waals surface area contributed by atoms with E-state index in [1.165, 1.54) is 31.3 Å². The third kappa shape index (κ3) is 4.38. The quantitative estimate of drug-likeness (QED) is 0.486. The number of nitrogens with one attached hydrogen (secondary N) is 1. The van der Waals surface area contributed by atoms with Crippen LogP contribution >= 0.6 is 0 Å². The van der Waals surface area contributed by atoms with Crippen LogP contribution in [0.1, 0.15) is 36.0 Å². The van der Waals surface area contributed by atoms with E-state index in [4.69, 9.17) is 4.74 Å². The maximum Gasteiger partial charge on any atom is 0.340 e. The van der Waals surface area contributed by atoms with Gasteiger partial charge in [0.25, 0.3) is 5.91 Å². The molecule has 186 valence electrons. The van der Waals surface area contributed by atoms with Crippen LogP contribution in [-0.2, 0) is 9.53 Å². The van der Waals surface area contributed by atoms with Crippen LogP contribution in [0.4, 0.5) is 31.9 Å². The van der Waals surface area contributed by atoms with Gasteiger partial charge in [-0.25, -0.2) is 18.6 Å². The number of aromatic nitrogens is 2. The van der Waals surface area contributed by atoms with Gasteiger partial charge in [0.2, 0.25) is 11.6 Å². The zero-order valence-corrected chi connectivity index (χ0v) is 19.8. The molecule has 35 heavy (non-hydrogen) atoms.